The first-order valence-electron chi connectivity index (χ1n) is 16.1. The van der Waals surface area contributed by atoms with Crippen LogP contribution in [0.15, 0.2) is 21.4 Å². The number of hydrogen-bond donors (Lipinski definition) is 0. The van der Waals surface area contributed by atoms with Crippen LogP contribution in [0, 0.1) is 0 Å². The molecule has 0 unspecified atom stereocenters. The van der Waals surface area contributed by atoms with Gasteiger partial charge < -0.3 is 0 Å². The van der Waals surface area contributed by atoms with Gasteiger partial charge in [-0.2, -0.15) is 0 Å². The highest BCUT2D eigenvalue weighted by atomic mass is 28.3. The summed E-state index contributed by atoms with van der Waals surface area (Å²) in [5.41, 5.74) is -3.21. The summed E-state index contributed by atoms with van der Waals surface area (Å²) < 4.78 is 53.9. The van der Waals surface area contributed by atoms with Crippen LogP contribution in [0.25, 0.3) is 0 Å². The van der Waals surface area contributed by atoms with Gasteiger partial charge in [0, 0.05) is 0 Å². The summed E-state index contributed by atoms with van der Waals surface area (Å²) in [4.78, 5) is 0. The first-order valence-corrected chi connectivity index (χ1v) is 22.8. The zero-order valence-corrected chi connectivity index (χ0v) is 31.8. The number of halogens is 3. The molecular formula is C33H63F3Si3. The molecule has 2 atom stereocenters. The SMILES string of the molecule is CC(C)[Si](C1=C(F)[C@@]2(F)C([Si](C(C)C)(C(C)C)C(C)C)=C([Si](C(C)C)(C(C)C)C(C)C)[C@@]12F)(C(C)C)C(C)C. The van der Waals surface area contributed by atoms with E-state index in [1.165, 1.54) is 0 Å². The van der Waals surface area contributed by atoms with Crippen molar-refractivity contribution in [3.63, 3.8) is 0 Å². The zero-order valence-electron chi connectivity index (χ0n) is 28.8. The second-order valence-corrected chi connectivity index (χ2v) is 33.4. The van der Waals surface area contributed by atoms with Crippen molar-refractivity contribution in [2.75, 3.05) is 0 Å². The van der Waals surface area contributed by atoms with Crippen LogP contribution < -0.4 is 0 Å². The Bertz CT molecular complexity index is 921. The highest BCUT2D eigenvalue weighted by Gasteiger charge is 2.87. The predicted molar refractivity (Wildman–Crippen MR) is 176 cm³/mol. The third-order valence-electron chi connectivity index (χ3n) is 12.2. The molecule has 0 saturated heterocycles. The first kappa shape index (κ1) is 35.1. The average Bonchev–Trinajstić information content (AvgIpc) is 2.75. The average molecular weight is 601 g/mol. The van der Waals surface area contributed by atoms with Crippen LogP contribution in [0.3, 0.4) is 0 Å². The van der Waals surface area contributed by atoms with E-state index >= 15 is 13.2 Å². The number of rotatable bonds is 12. The van der Waals surface area contributed by atoms with Crippen molar-refractivity contribution in [1.82, 2.24) is 0 Å². The highest BCUT2D eigenvalue weighted by molar-refractivity contribution is 6.99. The lowest BCUT2D eigenvalue weighted by molar-refractivity contribution is -0.00547. The van der Waals surface area contributed by atoms with Crippen LogP contribution >= 0.6 is 0 Å². The van der Waals surface area contributed by atoms with Crippen molar-refractivity contribution in [2.45, 2.75) is 186 Å². The van der Waals surface area contributed by atoms with E-state index in [9.17, 15) is 0 Å². The molecule has 39 heavy (non-hydrogen) atoms. The van der Waals surface area contributed by atoms with Crippen LogP contribution in [-0.2, 0) is 0 Å². The fraction of sp³-hybridized carbons (Fsp3) is 0.879. The summed E-state index contributed by atoms with van der Waals surface area (Å²) in [7, 11) is -8.14. The van der Waals surface area contributed by atoms with E-state index in [1.807, 2.05) is 0 Å². The van der Waals surface area contributed by atoms with Gasteiger partial charge in [-0.25, -0.2) is 13.2 Å². The molecule has 0 aromatic rings. The van der Waals surface area contributed by atoms with Crippen LogP contribution in [0.4, 0.5) is 13.2 Å². The van der Waals surface area contributed by atoms with E-state index in [1.54, 1.807) is 0 Å². The Morgan fingerprint density at radius 1 is 0.359 bits per heavy atom. The summed E-state index contributed by atoms with van der Waals surface area (Å²) in [5, 5.41) is 1.81. The minimum atomic E-state index is -2.78. The highest BCUT2D eigenvalue weighted by Crippen LogP contribution is 2.79. The topological polar surface area (TPSA) is 0 Å². The summed E-state index contributed by atoms with van der Waals surface area (Å²) in [5.74, 6) is -0.704. The third-order valence-corrected chi connectivity index (χ3v) is 34.0. The molecule has 0 fully saturated rings. The van der Waals surface area contributed by atoms with Gasteiger partial charge in [-0.3, -0.25) is 0 Å². The Hall–Kier alpha value is -0.0794. The van der Waals surface area contributed by atoms with E-state index in [4.69, 9.17) is 0 Å². The fourth-order valence-electron chi connectivity index (χ4n) is 11.6. The Morgan fingerprint density at radius 2 is 0.538 bits per heavy atom. The van der Waals surface area contributed by atoms with Gasteiger partial charge in [-0.05, 0) is 65.5 Å². The van der Waals surface area contributed by atoms with Crippen molar-refractivity contribution >= 4 is 24.2 Å². The lowest BCUT2D eigenvalue weighted by Crippen LogP contribution is -2.82. The molecule has 6 heteroatoms. The Balaban J connectivity index is 3.34. The predicted octanol–water partition coefficient (Wildman–Crippen LogP) is 12.6. The second-order valence-electron chi connectivity index (χ2n) is 15.9. The van der Waals surface area contributed by atoms with Crippen LogP contribution in [-0.4, -0.2) is 35.6 Å². The number of allylic oxidation sites excluding steroid dienone is 4. The van der Waals surface area contributed by atoms with Gasteiger partial charge in [-0.1, -0.05) is 125 Å². The molecule has 0 heterocycles. The largest absolute Gasteiger partial charge is 0.230 e. The zero-order chi connectivity index (χ0) is 31.0. The fourth-order valence-corrected chi connectivity index (χ4v) is 34.6. The maximum absolute atomic E-state index is 18.7. The Labute approximate surface area is 244 Å². The van der Waals surface area contributed by atoms with Crippen LogP contribution in [0.5, 0.6) is 0 Å². The molecule has 2 rings (SSSR count). The molecule has 0 radical (unpaired) electrons. The smallest absolute Gasteiger partial charge is 0.220 e. The molecule has 0 aliphatic heterocycles. The monoisotopic (exact) mass is 600 g/mol. The quantitative estimate of drug-likeness (QED) is 0.195. The molecule has 0 amide bonds. The molecule has 228 valence electrons. The molecule has 0 N–H and O–H groups in total. The van der Waals surface area contributed by atoms with E-state index < -0.39 is 41.4 Å². The van der Waals surface area contributed by atoms with Crippen LogP contribution in [0.2, 0.25) is 49.9 Å². The molecule has 0 nitrogen and oxygen atoms in total. The normalized spacial score (nSPS) is 25.1. The summed E-state index contributed by atoms with van der Waals surface area (Å²) in [6.45, 7) is 39.6. The lowest BCUT2D eigenvalue weighted by atomic mass is 9.65. The van der Waals surface area contributed by atoms with Crippen LogP contribution in [0.1, 0.15) is 125 Å². The number of fused-ring (bicyclic) bond motifs is 1. The molecule has 2 aliphatic carbocycles. The van der Waals surface area contributed by atoms with E-state index in [0.717, 1.165) is 5.20 Å². The first-order chi connectivity index (χ1) is 17.5. The summed E-state index contributed by atoms with van der Waals surface area (Å²) in [6, 6.07) is 0. The third kappa shape index (κ3) is 3.84. The van der Waals surface area contributed by atoms with Gasteiger partial charge in [-0.15, -0.1) is 0 Å². The maximum atomic E-state index is 18.7. The number of alkyl halides is 2. The van der Waals surface area contributed by atoms with Gasteiger partial charge in [0.1, 0.15) is 5.83 Å². The molecule has 2 aliphatic rings. The van der Waals surface area contributed by atoms with Crippen molar-refractivity contribution < 1.29 is 13.2 Å². The second kappa shape index (κ2) is 10.9. The van der Waals surface area contributed by atoms with Crippen molar-refractivity contribution in [3.8, 4) is 0 Å². The lowest BCUT2D eigenvalue weighted by Gasteiger charge is -2.72. The molecule has 0 saturated carbocycles. The van der Waals surface area contributed by atoms with E-state index in [0.29, 0.717) is 10.4 Å². The van der Waals surface area contributed by atoms with Crippen molar-refractivity contribution in [1.29, 1.82) is 0 Å². The molecule has 0 bridgehead atoms. The molecule has 0 aromatic carbocycles. The molecule has 0 spiro atoms. The minimum Gasteiger partial charge on any atom is -0.230 e. The minimum absolute atomic E-state index is 0.122. The summed E-state index contributed by atoms with van der Waals surface area (Å²) >= 11 is 0. The summed E-state index contributed by atoms with van der Waals surface area (Å²) in [6.07, 6.45) is 0. The van der Waals surface area contributed by atoms with Gasteiger partial charge in [0.15, 0.2) is 5.67 Å². The maximum Gasteiger partial charge on any atom is 0.220 e. The van der Waals surface area contributed by atoms with E-state index in [2.05, 4.69) is 125 Å². The van der Waals surface area contributed by atoms with E-state index in [-0.39, 0.29) is 49.9 Å². The standard InChI is InChI=1S/C33H63F3Si3/c1-19(2)37(20(3)4,21(5)6)29-28(34)32(35)30(38(22(7)8,23(9)10)24(11)12)31(33(29,32)36)39(25(13)14,26(15)16)27(17)18/h19-27H,1-18H3/t32-,33+/m1/s1. The van der Waals surface area contributed by atoms with Crippen molar-refractivity contribution in [3.05, 3.63) is 21.4 Å². The Kier molecular flexibility index (Phi) is 9.80. The van der Waals surface area contributed by atoms with Gasteiger partial charge in [0.25, 0.3) is 0 Å². The van der Waals surface area contributed by atoms with Gasteiger partial charge >= 0.3 is 0 Å². The Morgan fingerprint density at radius 3 is 0.744 bits per heavy atom. The molecular weight excluding hydrogens is 538 g/mol. The van der Waals surface area contributed by atoms with Gasteiger partial charge in [0.05, 0.1) is 24.2 Å². The van der Waals surface area contributed by atoms with Gasteiger partial charge in [0.2, 0.25) is 5.67 Å². The van der Waals surface area contributed by atoms with Crippen molar-refractivity contribution in [2.24, 2.45) is 0 Å². The molecule has 0 aromatic heterocycles. The number of hydrogen-bond acceptors (Lipinski definition) is 0.